The van der Waals surface area contributed by atoms with E-state index in [0.717, 1.165) is 18.6 Å². The number of allylic oxidation sites excluding steroid dienone is 2. The van der Waals surface area contributed by atoms with E-state index in [1.54, 1.807) is 7.11 Å². The van der Waals surface area contributed by atoms with Crippen molar-refractivity contribution in [2.45, 2.75) is 106 Å². The molecule has 2 atom stereocenters. The molecule has 0 saturated carbocycles. The Balaban J connectivity index is 0. The highest BCUT2D eigenvalue weighted by atomic mass is 16.7. The van der Waals surface area contributed by atoms with E-state index in [-0.39, 0.29) is 17.2 Å². The minimum absolute atomic E-state index is 0.0365. The van der Waals surface area contributed by atoms with Crippen molar-refractivity contribution in [3.63, 3.8) is 0 Å². The number of methoxy groups -OCH3 is 1. The molecular weight excluding hydrogens is 350 g/mol. The average Bonchev–Trinajstić information content (AvgIpc) is 3.43. The summed E-state index contributed by atoms with van der Waals surface area (Å²) in [6, 6.07) is 0. The van der Waals surface area contributed by atoms with Crippen LogP contribution in [0.5, 0.6) is 0 Å². The lowest BCUT2D eigenvalue weighted by Crippen LogP contribution is -2.54. The van der Waals surface area contributed by atoms with Gasteiger partial charge in [0, 0.05) is 11.1 Å². The third-order valence-corrected chi connectivity index (χ3v) is 4.31. The lowest BCUT2D eigenvalue weighted by Gasteiger charge is -2.46. The average molecular weight is 398 g/mol. The Hall–Kier alpha value is -1.10. The molecule has 166 valence electrons. The molecule has 1 saturated heterocycles. The van der Waals surface area contributed by atoms with Crippen molar-refractivity contribution in [2.75, 3.05) is 13.7 Å². The summed E-state index contributed by atoms with van der Waals surface area (Å²) in [6.07, 6.45) is 7.47. The molecule has 1 heterocycles. The molecule has 0 spiro atoms. The topological polar surface area (TPSA) is 34.2 Å². The van der Waals surface area contributed by atoms with Crippen LogP contribution >= 0.6 is 0 Å². The number of hydroxylamine groups is 2. The van der Waals surface area contributed by atoms with Gasteiger partial charge in [-0.25, -0.2) is 0 Å². The number of rotatable bonds is 8. The minimum atomic E-state index is -0.0769. The van der Waals surface area contributed by atoms with Crippen LogP contribution in [0.3, 0.4) is 0 Å². The maximum atomic E-state index is 6.33. The zero-order valence-electron chi connectivity index (χ0n) is 20.7. The van der Waals surface area contributed by atoms with Gasteiger partial charge in [-0.1, -0.05) is 39.5 Å². The largest absolute Gasteiger partial charge is 0.497 e. The predicted molar refractivity (Wildman–Crippen MR) is 122 cm³/mol. The zero-order chi connectivity index (χ0) is 22.5. The van der Waals surface area contributed by atoms with Gasteiger partial charge >= 0.3 is 0 Å². The lowest BCUT2D eigenvalue weighted by atomic mass is 9.95. The molecule has 0 bridgehead atoms. The van der Waals surface area contributed by atoms with Crippen molar-refractivity contribution >= 4 is 0 Å². The molecule has 0 radical (unpaired) electrons. The summed E-state index contributed by atoms with van der Waals surface area (Å²) in [5.74, 6) is 0.633. The fraction of sp³-hybridized carbons (Fsp3) is 0.750. The molecule has 28 heavy (non-hydrogen) atoms. The second-order valence-electron chi connectivity index (χ2n) is 8.32. The molecule has 0 N–H and O–H groups in total. The first-order valence-electron chi connectivity index (χ1n) is 10.5. The maximum absolute atomic E-state index is 6.33. The molecule has 4 nitrogen and oxygen atoms in total. The summed E-state index contributed by atoms with van der Waals surface area (Å²) in [7, 11) is 1.62. The van der Waals surface area contributed by atoms with Crippen molar-refractivity contribution in [2.24, 2.45) is 0 Å². The van der Waals surface area contributed by atoms with E-state index in [4.69, 9.17) is 14.3 Å². The summed E-state index contributed by atoms with van der Waals surface area (Å²) in [5.41, 5.74) is 0.983. The first-order valence-corrected chi connectivity index (χ1v) is 10.5. The van der Waals surface area contributed by atoms with Gasteiger partial charge in [-0.05, 0) is 73.5 Å². The molecule has 0 aliphatic carbocycles. The monoisotopic (exact) mass is 397 g/mol. The van der Waals surface area contributed by atoms with E-state index in [1.807, 2.05) is 32.9 Å². The number of hydrogen-bond donors (Lipinski definition) is 0. The van der Waals surface area contributed by atoms with Crippen LogP contribution in [0.4, 0.5) is 0 Å². The van der Waals surface area contributed by atoms with Crippen molar-refractivity contribution in [1.82, 2.24) is 5.06 Å². The Labute approximate surface area is 175 Å². The Morgan fingerprint density at radius 3 is 1.96 bits per heavy atom. The van der Waals surface area contributed by atoms with E-state index in [9.17, 15) is 0 Å². The maximum Gasteiger partial charge on any atom is 0.111 e. The lowest BCUT2D eigenvalue weighted by molar-refractivity contribution is -0.277. The van der Waals surface area contributed by atoms with Crippen LogP contribution in [-0.2, 0) is 14.3 Å². The van der Waals surface area contributed by atoms with Gasteiger partial charge in [-0.3, -0.25) is 4.84 Å². The second-order valence-corrected chi connectivity index (χ2v) is 8.32. The second kappa shape index (κ2) is 14.0. The van der Waals surface area contributed by atoms with Crippen molar-refractivity contribution in [3.8, 4) is 0 Å². The summed E-state index contributed by atoms with van der Waals surface area (Å²) in [5, 5.41) is 2.12. The van der Waals surface area contributed by atoms with Crippen LogP contribution in [0, 0.1) is 0 Å². The highest BCUT2D eigenvalue weighted by molar-refractivity contribution is 5.26. The first kappa shape index (κ1) is 29.1. The number of epoxide rings is 1. The summed E-state index contributed by atoms with van der Waals surface area (Å²) in [4.78, 5) is 6.33. The van der Waals surface area contributed by atoms with E-state index < -0.39 is 0 Å². The smallest absolute Gasteiger partial charge is 0.111 e. The quantitative estimate of drug-likeness (QED) is 0.198. The van der Waals surface area contributed by atoms with Gasteiger partial charge in [-0.15, -0.1) is 0 Å². The molecule has 0 aromatic rings. The zero-order valence-corrected chi connectivity index (χ0v) is 20.7. The van der Waals surface area contributed by atoms with Gasteiger partial charge in [0.1, 0.15) is 11.9 Å². The van der Waals surface area contributed by atoms with Gasteiger partial charge in [0.05, 0.1) is 19.8 Å². The first-order chi connectivity index (χ1) is 12.9. The molecule has 1 aliphatic rings. The molecule has 0 aromatic carbocycles. The number of ether oxygens (including phenoxy) is 2. The van der Waals surface area contributed by atoms with Crippen molar-refractivity contribution in [3.05, 3.63) is 36.1 Å². The summed E-state index contributed by atoms with van der Waals surface area (Å²) in [6.45, 7) is 28.1. The fourth-order valence-corrected chi connectivity index (χ4v) is 2.39. The standard InChI is InChI=1S/C19H35NO2.C3H6O.C2H6/c1-11-17(14-13-15(3)21-10)16(4)22-20(18(5,6)7)19(8,9)12-2;1-3-2-4-3;1-2/h11,13-14,16H,3,12H2,1-2,4-10H3;3H,2H2,1H3;1-2H3/b14-13-,17-11+;;. The molecule has 1 rings (SSSR count). The number of nitrogens with zero attached hydrogens (tertiary/aromatic N) is 1. The normalized spacial score (nSPS) is 18.0. The predicted octanol–water partition coefficient (Wildman–Crippen LogP) is 6.69. The number of hydrogen-bond acceptors (Lipinski definition) is 4. The summed E-state index contributed by atoms with van der Waals surface area (Å²) >= 11 is 0. The van der Waals surface area contributed by atoms with E-state index in [1.165, 1.54) is 0 Å². The van der Waals surface area contributed by atoms with Crippen LogP contribution in [0.1, 0.15) is 82.6 Å². The van der Waals surface area contributed by atoms with Crippen molar-refractivity contribution in [1.29, 1.82) is 0 Å². The van der Waals surface area contributed by atoms with Crippen LogP contribution in [0.2, 0.25) is 0 Å². The van der Waals surface area contributed by atoms with E-state index in [0.29, 0.717) is 11.9 Å². The van der Waals surface area contributed by atoms with Gasteiger partial charge in [0.25, 0.3) is 0 Å². The van der Waals surface area contributed by atoms with Gasteiger partial charge in [-0.2, -0.15) is 5.06 Å². The van der Waals surface area contributed by atoms with E-state index in [2.05, 4.69) is 73.1 Å². The molecule has 0 aromatic heterocycles. The third kappa shape index (κ3) is 12.4. The molecule has 2 unspecified atom stereocenters. The van der Waals surface area contributed by atoms with Gasteiger partial charge < -0.3 is 9.47 Å². The van der Waals surface area contributed by atoms with Crippen LogP contribution in [-0.4, -0.2) is 42.1 Å². The molecular formula is C24H47NO3. The van der Waals surface area contributed by atoms with Gasteiger partial charge in [0.15, 0.2) is 0 Å². The molecule has 1 fully saturated rings. The van der Waals surface area contributed by atoms with Crippen molar-refractivity contribution < 1.29 is 14.3 Å². The van der Waals surface area contributed by atoms with Crippen LogP contribution in [0.15, 0.2) is 36.1 Å². The Morgan fingerprint density at radius 2 is 1.68 bits per heavy atom. The van der Waals surface area contributed by atoms with Crippen LogP contribution < -0.4 is 0 Å². The fourth-order valence-electron chi connectivity index (χ4n) is 2.39. The SMILES string of the molecule is C=C(/C=C\C(=C/C)C(C)ON(C(C)(C)C)C(C)(C)CC)OC.CC.CC1CO1. The van der Waals surface area contributed by atoms with Crippen LogP contribution in [0.25, 0.3) is 0 Å². The Kier molecular flexibility index (Phi) is 14.5. The van der Waals surface area contributed by atoms with Gasteiger partial charge in [0.2, 0.25) is 0 Å². The van der Waals surface area contributed by atoms with E-state index >= 15 is 0 Å². The molecule has 1 aliphatic heterocycles. The Morgan fingerprint density at radius 1 is 1.21 bits per heavy atom. The third-order valence-electron chi connectivity index (χ3n) is 4.31. The summed E-state index contributed by atoms with van der Waals surface area (Å²) < 4.78 is 9.78. The highest BCUT2D eigenvalue weighted by Gasteiger charge is 2.36. The highest BCUT2D eigenvalue weighted by Crippen LogP contribution is 2.30. The molecule has 4 heteroatoms. The Bertz CT molecular complexity index is 483. The molecule has 0 amide bonds. The minimum Gasteiger partial charge on any atom is -0.497 e.